The summed E-state index contributed by atoms with van der Waals surface area (Å²) in [6.07, 6.45) is 7.06. The number of methoxy groups -OCH3 is 1. The fourth-order valence-corrected chi connectivity index (χ4v) is 11.4. The first-order chi connectivity index (χ1) is 17.1. The van der Waals surface area contributed by atoms with Gasteiger partial charge in [0.15, 0.2) is 0 Å². The third-order valence-corrected chi connectivity index (χ3v) is 13.8. The minimum absolute atomic E-state index is 0.0513. The van der Waals surface area contributed by atoms with E-state index in [1.807, 2.05) is 6.92 Å². The molecule has 1 spiro atoms. The van der Waals surface area contributed by atoms with Crippen molar-refractivity contribution >= 4 is 11.9 Å². The van der Waals surface area contributed by atoms with Gasteiger partial charge in [0.25, 0.3) is 0 Å². The van der Waals surface area contributed by atoms with Crippen molar-refractivity contribution in [3.8, 4) is 0 Å². The molecule has 6 nitrogen and oxygen atoms in total. The molecule has 1 aliphatic heterocycles. The number of hydrogen-bond acceptors (Lipinski definition) is 6. The van der Waals surface area contributed by atoms with Crippen molar-refractivity contribution < 1.29 is 29.3 Å². The molecule has 4 saturated carbocycles. The average Bonchev–Trinajstić information content (AvgIpc) is 3.14. The standard InChI is InChI=1S/C31H46O6/c1-26(2)19-10-13-29(5)20(27(19,3)12-11-21(26)32)9-8-17-18-14-28(4,24(34)36-7)23-16-31(18,25(35)37-23)22(33)15-30(17,29)6/h8,18-23,32-33H,9-16H2,1-7H3/t18-,19?,20?,21-,22+,23-,27-,28+,29+,30+,31+/m0/s1. The number of fused-ring (bicyclic) bond motifs is 7. The van der Waals surface area contributed by atoms with E-state index >= 15 is 0 Å². The Hall–Kier alpha value is -1.40. The lowest BCUT2D eigenvalue weighted by Gasteiger charge is -2.71. The quantitative estimate of drug-likeness (QED) is 0.385. The first-order valence-electron chi connectivity index (χ1n) is 14.5. The Morgan fingerprint density at radius 2 is 1.68 bits per heavy atom. The average molecular weight is 515 g/mol. The van der Waals surface area contributed by atoms with Crippen LogP contribution in [0.2, 0.25) is 0 Å². The Labute approximate surface area is 221 Å². The number of allylic oxidation sites excluding steroid dienone is 2. The molecule has 0 aromatic carbocycles. The number of aliphatic hydroxyl groups is 2. The maximum absolute atomic E-state index is 13.5. The number of carbonyl (C=O) groups is 2. The van der Waals surface area contributed by atoms with Crippen LogP contribution in [0.3, 0.4) is 0 Å². The van der Waals surface area contributed by atoms with Gasteiger partial charge in [-0.3, -0.25) is 9.59 Å². The van der Waals surface area contributed by atoms with Gasteiger partial charge in [-0.1, -0.05) is 46.3 Å². The highest BCUT2D eigenvalue weighted by Crippen LogP contribution is 2.76. The van der Waals surface area contributed by atoms with Gasteiger partial charge in [0, 0.05) is 12.3 Å². The van der Waals surface area contributed by atoms with E-state index in [1.54, 1.807) is 0 Å². The normalized spacial score (nSPS) is 55.6. The zero-order valence-corrected chi connectivity index (χ0v) is 23.7. The highest BCUT2D eigenvalue weighted by atomic mass is 16.6. The van der Waals surface area contributed by atoms with Gasteiger partial charge < -0.3 is 19.7 Å². The Bertz CT molecular complexity index is 1080. The minimum Gasteiger partial charge on any atom is -0.468 e. The summed E-state index contributed by atoms with van der Waals surface area (Å²) >= 11 is 0. The first kappa shape index (κ1) is 25.9. The van der Waals surface area contributed by atoms with Crippen molar-refractivity contribution in [2.45, 2.75) is 111 Å². The van der Waals surface area contributed by atoms with E-state index in [4.69, 9.17) is 9.47 Å². The van der Waals surface area contributed by atoms with E-state index in [0.29, 0.717) is 31.1 Å². The number of esters is 2. The van der Waals surface area contributed by atoms with E-state index in [0.717, 1.165) is 32.1 Å². The zero-order valence-electron chi connectivity index (χ0n) is 23.7. The molecule has 6 aliphatic rings. The molecule has 2 N–H and O–H groups in total. The molecule has 5 fully saturated rings. The van der Waals surface area contributed by atoms with E-state index in [1.165, 1.54) is 12.7 Å². The molecule has 6 rings (SSSR count). The van der Waals surface area contributed by atoms with Gasteiger partial charge in [0.05, 0.1) is 19.3 Å². The summed E-state index contributed by atoms with van der Waals surface area (Å²) in [6, 6.07) is 0. The van der Waals surface area contributed by atoms with Crippen molar-refractivity contribution in [1.29, 1.82) is 0 Å². The lowest BCUT2D eigenvalue weighted by Crippen LogP contribution is -2.67. The number of aliphatic hydroxyl groups excluding tert-OH is 2. The second kappa shape index (κ2) is 7.41. The van der Waals surface area contributed by atoms with Crippen molar-refractivity contribution in [2.24, 2.45) is 50.2 Å². The van der Waals surface area contributed by atoms with Crippen LogP contribution in [-0.4, -0.2) is 47.6 Å². The second-order valence-electron chi connectivity index (χ2n) is 15.2. The fourth-order valence-electron chi connectivity index (χ4n) is 11.4. The van der Waals surface area contributed by atoms with Crippen LogP contribution in [0.15, 0.2) is 11.6 Å². The van der Waals surface area contributed by atoms with Crippen LogP contribution in [0.1, 0.15) is 92.9 Å². The summed E-state index contributed by atoms with van der Waals surface area (Å²) in [5.41, 5.74) is -0.976. The van der Waals surface area contributed by atoms with E-state index < -0.39 is 23.0 Å². The van der Waals surface area contributed by atoms with Crippen LogP contribution < -0.4 is 0 Å². The summed E-state index contributed by atoms with van der Waals surface area (Å²) in [5.74, 6) is -0.0253. The molecule has 0 aromatic rings. The van der Waals surface area contributed by atoms with Gasteiger partial charge in [0.1, 0.15) is 16.9 Å². The van der Waals surface area contributed by atoms with Crippen LogP contribution in [-0.2, 0) is 19.1 Å². The fraction of sp³-hybridized carbons (Fsp3) is 0.871. The zero-order chi connectivity index (χ0) is 27.0. The molecular formula is C31H46O6. The van der Waals surface area contributed by atoms with Crippen LogP contribution in [0.25, 0.3) is 0 Å². The Morgan fingerprint density at radius 3 is 2.35 bits per heavy atom. The Balaban J connectivity index is 1.47. The predicted molar refractivity (Wildman–Crippen MR) is 138 cm³/mol. The lowest BCUT2D eigenvalue weighted by atomic mass is 9.33. The van der Waals surface area contributed by atoms with E-state index in [2.05, 4.69) is 40.7 Å². The van der Waals surface area contributed by atoms with Crippen LogP contribution in [0.4, 0.5) is 0 Å². The maximum Gasteiger partial charge on any atom is 0.315 e. The molecule has 2 bridgehead atoms. The monoisotopic (exact) mass is 514 g/mol. The van der Waals surface area contributed by atoms with Gasteiger partial charge in [0.2, 0.25) is 0 Å². The van der Waals surface area contributed by atoms with Crippen LogP contribution in [0.5, 0.6) is 0 Å². The highest BCUT2D eigenvalue weighted by Gasteiger charge is 2.75. The molecular weight excluding hydrogens is 468 g/mol. The Kier molecular flexibility index (Phi) is 5.18. The summed E-state index contributed by atoms with van der Waals surface area (Å²) in [6.45, 7) is 13.6. The number of rotatable bonds is 1. The number of ether oxygens (including phenoxy) is 2. The molecule has 0 aromatic heterocycles. The topological polar surface area (TPSA) is 93.1 Å². The summed E-state index contributed by atoms with van der Waals surface area (Å²) in [4.78, 5) is 26.6. The largest absolute Gasteiger partial charge is 0.468 e. The Morgan fingerprint density at radius 1 is 0.973 bits per heavy atom. The molecule has 2 unspecified atom stereocenters. The first-order valence-corrected chi connectivity index (χ1v) is 14.5. The number of carbonyl (C=O) groups excluding carboxylic acids is 2. The molecule has 1 heterocycles. The maximum atomic E-state index is 13.5. The van der Waals surface area contributed by atoms with Gasteiger partial charge in [-0.2, -0.15) is 0 Å². The SMILES string of the molecule is COC(=O)[C@]1(C)C[C@H]2C3=CCC4[C@@]5(C)CC[C@H](O)C(C)(C)C5CC[C@@]4(C)[C@]3(C)C[C@@H](O)[C@@]23C[C@@H]1OC3=O. The molecule has 206 valence electrons. The summed E-state index contributed by atoms with van der Waals surface area (Å²) < 4.78 is 11.1. The third-order valence-electron chi connectivity index (χ3n) is 13.8. The minimum atomic E-state index is -0.967. The molecule has 11 atom stereocenters. The summed E-state index contributed by atoms with van der Waals surface area (Å²) in [7, 11) is 1.40. The van der Waals surface area contributed by atoms with Gasteiger partial charge in [-0.15, -0.1) is 0 Å². The highest BCUT2D eigenvalue weighted by molar-refractivity contribution is 5.86. The molecule has 0 radical (unpaired) electrons. The van der Waals surface area contributed by atoms with E-state index in [9.17, 15) is 19.8 Å². The van der Waals surface area contributed by atoms with Crippen molar-refractivity contribution in [3.63, 3.8) is 0 Å². The van der Waals surface area contributed by atoms with Crippen molar-refractivity contribution in [2.75, 3.05) is 7.11 Å². The predicted octanol–water partition coefficient (Wildman–Crippen LogP) is 4.81. The summed E-state index contributed by atoms with van der Waals surface area (Å²) in [5, 5.41) is 22.8. The lowest BCUT2D eigenvalue weighted by molar-refractivity contribution is -0.213. The number of hydrogen-bond donors (Lipinski definition) is 2. The van der Waals surface area contributed by atoms with Gasteiger partial charge in [-0.05, 0) is 85.4 Å². The van der Waals surface area contributed by atoms with Crippen LogP contribution in [0, 0.1) is 50.2 Å². The second-order valence-corrected chi connectivity index (χ2v) is 15.2. The van der Waals surface area contributed by atoms with Gasteiger partial charge >= 0.3 is 11.9 Å². The molecule has 1 saturated heterocycles. The molecule has 37 heavy (non-hydrogen) atoms. The molecule has 5 aliphatic carbocycles. The smallest absolute Gasteiger partial charge is 0.315 e. The molecule has 6 heteroatoms. The van der Waals surface area contributed by atoms with Crippen molar-refractivity contribution in [1.82, 2.24) is 0 Å². The van der Waals surface area contributed by atoms with Crippen LogP contribution >= 0.6 is 0 Å². The van der Waals surface area contributed by atoms with E-state index in [-0.39, 0.29) is 45.6 Å². The van der Waals surface area contributed by atoms with Gasteiger partial charge in [-0.25, -0.2) is 0 Å². The third kappa shape index (κ3) is 2.75. The van der Waals surface area contributed by atoms with Crippen molar-refractivity contribution in [3.05, 3.63) is 11.6 Å². The molecule has 0 amide bonds.